The number of hydrogen-bond donors (Lipinski definition) is 1. The van der Waals surface area contributed by atoms with Gasteiger partial charge in [-0.1, -0.05) is 27.2 Å². The van der Waals surface area contributed by atoms with Crippen molar-refractivity contribution >= 4 is 15.9 Å². The maximum absolute atomic E-state index is 12.8. The fourth-order valence-electron chi connectivity index (χ4n) is 1.21. The Morgan fingerprint density at radius 1 is 1.47 bits per heavy atom. The Hall–Kier alpha value is -1.27. The first-order valence-corrected chi connectivity index (χ1v) is 4.94. The monoisotopic (exact) mass is 271 g/mol. The second-order valence-electron chi connectivity index (χ2n) is 2.93. The molecule has 1 heterocycles. The molecule has 0 bridgehead atoms. The smallest absolute Gasteiger partial charge is 0.213 e. The van der Waals surface area contributed by atoms with Crippen LogP contribution < -0.4 is 5.73 Å². The van der Waals surface area contributed by atoms with E-state index in [4.69, 9.17) is 5.73 Å². The largest absolute Gasteiger partial charge is 0.343 e. The lowest BCUT2D eigenvalue weighted by molar-refractivity contribution is 0.407. The number of rotatable bonds is 2. The summed E-state index contributed by atoms with van der Waals surface area (Å²) in [5, 5.41) is 3.63. The first kappa shape index (κ1) is 10.3. The van der Waals surface area contributed by atoms with Crippen LogP contribution >= 0.6 is 15.9 Å². The van der Waals surface area contributed by atoms with Crippen LogP contribution in [0.3, 0.4) is 0 Å². The van der Waals surface area contributed by atoms with Crippen LogP contribution in [0.2, 0.25) is 0 Å². The normalized spacial score (nSPS) is 12.7. The Morgan fingerprint density at radius 3 is 2.87 bits per heavy atom. The van der Waals surface area contributed by atoms with Crippen molar-refractivity contribution in [2.24, 2.45) is 5.73 Å². The lowest BCUT2D eigenvalue weighted by Gasteiger charge is -2.09. The molecule has 2 N–H and O–H groups in total. The Kier molecular flexibility index (Phi) is 2.79. The minimum absolute atomic E-state index is 0.328. The van der Waals surface area contributed by atoms with Gasteiger partial charge in [0.2, 0.25) is 6.39 Å². The molecule has 0 aliphatic rings. The lowest BCUT2D eigenvalue weighted by Crippen LogP contribution is -2.14. The molecule has 1 aromatic heterocycles. The van der Waals surface area contributed by atoms with E-state index >= 15 is 0 Å². The summed E-state index contributed by atoms with van der Waals surface area (Å²) < 4.78 is 18.0. The minimum atomic E-state index is -0.529. The Bertz CT molecular complexity index is 460. The van der Waals surface area contributed by atoms with E-state index in [1.807, 2.05) is 0 Å². The number of benzene rings is 1. The van der Waals surface area contributed by atoms with Crippen molar-refractivity contribution in [3.05, 3.63) is 46.3 Å². The van der Waals surface area contributed by atoms with Crippen molar-refractivity contribution in [2.45, 2.75) is 6.04 Å². The van der Waals surface area contributed by atoms with Crippen LogP contribution in [0.1, 0.15) is 17.4 Å². The zero-order chi connectivity index (χ0) is 10.8. The molecule has 0 aliphatic carbocycles. The molecular formula is C9H7BrFN3O. The van der Waals surface area contributed by atoms with Gasteiger partial charge in [-0.15, -0.1) is 0 Å². The SMILES string of the molecule is NC(c1ncon1)c1ccc(F)cc1Br. The van der Waals surface area contributed by atoms with E-state index in [0.717, 1.165) is 0 Å². The molecule has 0 radical (unpaired) electrons. The number of nitrogens with zero attached hydrogens (tertiary/aromatic N) is 2. The summed E-state index contributed by atoms with van der Waals surface area (Å²) in [6, 6.07) is 3.73. The molecule has 0 saturated carbocycles. The van der Waals surface area contributed by atoms with E-state index in [9.17, 15) is 4.39 Å². The predicted molar refractivity (Wildman–Crippen MR) is 54.4 cm³/mol. The van der Waals surface area contributed by atoms with Crippen LogP contribution in [-0.2, 0) is 0 Å². The second-order valence-corrected chi connectivity index (χ2v) is 3.79. The molecule has 0 aliphatic heterocycles. The first-order chi connectivity index (χ1) is 7.18. The topological polar surface area (TPSA) is 64.9 Å². The van der Waals surface area contributed by atoms with Gasteiger partial charge in [-0.2, -0.15) is 4.98 Å². The molecule has 2 aromatic rings. The highest BCUT2D eigenvalue weighted by Crippen LogP contribution is 2.25. The summed E-state index contributed by atoms with van der Waals surface area (Å²) in [5.74, 6) is 0.0354. The molecule has 78 valence electrons. The van der Waals surface area contributed by atoms with Crippen LogP contribution in [0.5, 0.6) is 0 Å². The molecule has 0 amide bonds. The third kappa shape index (κ3) is 2.05. The van der Waals surface area contributed by atoms with Crippen LogP contribution in [0, 0.1) is 5.82 Å². The predicted octanol–water partition coefficient (Wildman–Crippen LogP) is 2.02. The molecule has 15 heavy (non-hydrogen) atoms. The van der Waals surface area contributed by atoms with Gasteiger partial charge in [0, 0.05) is 4.47 Å². The van der Waals surface area contributed by atoms with Gasteiger partial charge in [0.1, 0.15) is 5.82 Å². The van der Waals surface area contributed by atoms with Gasteiger partial charge in [0.05, 0.1) is 6.04 Å². The Balaban J connectivity index is 2.38. The molecule has 6 heteroatoms. The second kappa shape index (κ2) is 4.08. The zero-order valence-electron chi connectivity index (χ0n) is 7.52. The minimum Gasteiger partial charge on any atom is -0.343 e. The van der Waals surface area contributed by atoms with Gasteiger partial charge < -0.3 is 10.3 Å². The van der Waals surface area contributed by atoms with Gasteiger partial charge in [0.15, 0.2) is 5.82 Å². The summed E-state index contributed by atoms with van der Waals surface area (Å²) in [5.41, 5.74) is 6.58. The van der Waals surface area contributed by atoms with E-state index in [1.165, 1.54) is 18.5 Å². The van der Waals surface area contributed by atoms with Crippen molar-refractivity contribution in [3.8, 4) is 0 Å². The van der Waals surface area contributed by atoms with E-state index in [2.05, 4.69) is 30.6 Å². The van der Waals surface area contributed by atoms with E-state index < -0.39 is 6.04 Å². The van der Waals surface area contributed by atoms with Crippen molar-refractivity contribution in [3.63, 3.8) is 0 Å². The van der Waals surface area contributed by atoms with Crippen molar-refractivity contribution < 1.29 is 8.91 Å². The summed E-state index contributed by atoms with van der Waals surface area (Å²) >= 11 is 3.23. The highest BCUT2D eigenvalue weighted by molar-refractivity contribution is 9.10. The van der Waals surface area contributed by atoms with E-state index in [1.54, 1.807) is 6.07 Å². The standard InChI is InChI=1S/C9H7BrFN3O/c10-7-3-5(11)1-2-6(7)8(12)9-13-4-15-14-9/h1-4,8H,12H2. The number of aromatic nitrogens is 2. The van der Waals surface area contributed by atoms with Crippen molar-refractivity contribution in [1.29, 1.82) is 0 Å². The molecule has 1 unspecified atom stereocenters. The van der Waals surface area contributed by atoms with Gasteiger partial charge in [0.25, 0.3) is 0 Å². The quantitative estimate of drug-likeness (QED) is 0.908. The summed E-state index contributed by atoms with van der Waals surface area (Å²) in [6.45, 7) is 0. The zero-order valence-corrected chi connectivity index (χ0v) is 9.11. The molecule has 1 atom stereocenters. The van der Waals surface area contributed by atoms with Gasteiger partial charge in [-0.3, -0.25) is 0 Å². The third-order valence-corrected chi connectivity index (χ3v) is 2.64. The average molecular weight is 272 g/mol. The van der Waals surface area contributed by atoms with Crippen molar-refractivity contribution in [1.82, 2.24) is 10.1 Å². The number of nitrogens with two attached hydrogens (primary N) is 1. The lowest BCUT2D eigenvalue weighted by atomic mass is 10.1. The molecule has 2 rings (SSSR count). The number of hydrogen-bond acceptors (Lipinski definition) is 4. The summed E-state index contributed by atoms with van der Waals surface area (Å²) in [4.78, 5) is 3.84. The van der Waals surface area contributed by atoms with E-state index in [0.29, 0.717) is 15.9 Å². The van der Waals surface area contributed by atoms with Crippen LogP contribution in [-0.4, -0.2) is 10.1 Å². The highest BCUT2D eigenvalue weighted by Gasteiger charge is 2.16. The highest BCUT2D eigenvalue weighted by atomic mass is 79.9. The van der Waals surface area contributed by atoms with E-state index in [-0.39, 0.29) is 5.82 Å². The third-order valence-electron chi connectivity index (χ3n) is 1.95. The molecule has 0 saturated heterocycles. The number of halogens is 2. The van der Waals surface area contributed by atoms with Crippen LogP contribution in [0.25, 0.3) is 0 Å². The molecule has 1 aromatic carbocycles. The summed E-state index contributed by atoms with van der Waals surface area (Å²) in [6.07, 6.45) is 1.20. The fourth-order valence-corrected chi connectivity index (χ4v) is 1.81. The van der Waals surface area contributed by atoms with Crippen molar-refractivity contribution in [2.75, 3.05) is 0 Å². The molecule has 0 fully saturated rings. The fraction of sp³-hybridized carbons (Fsp3) is 0.111. The average Bonchev–Trinajstić information content (AvgIpc) is 2.69. The maximum atomic E-state index is 12.8. The molecule has 4 nitrogen and oxygen atoms in total. The molecular weight excluding hydrogens is 265 g/mol. The summed E-state index contributed by atoms with van der Waals surface area (Å²) in [7, 11) is 0. The van der Waals surface area contributed by atoms with Crippen LogP contribution in [0.4, 0.5) is 4.39 Å². The molecule has 0 spiro atoms. The Morgan fingerprint density at radius 2 is 2.27 bits per heavy atom. The Labute approximate surface area is 93.4 Å². The van der Waals surface area contributed by atoms with Gasteiger partial charge in [-0.05, 0) is 17.7 Å². The van der Waals surface area contributed by atoms with Crippen LogP contribution in [0.15, 0.2) is 33.6 Å². The first-order valence-electron chi connectivity index (χ1n) is 4.15. The maximum Gasteiger partial charge on any atom is 0.213 e. The van der Waals surface area contributed by atoms with Gasteiger partial charge in [-0.25, -0.2) is 4.39 Å². The van der Waals surface area contributed by atoms with Gasteiger partial charge >= 0.3 is 0 Å².